The zero-order valence-electron chi connectivity index (χ0n) is 12.7. The van der Waals surface area contributed by atoms with Crippen molar-refractivity contribution in [2.75, 3.05) is 11.1 Å². The van der Waals surface area contributed by atoms with E-state index in [1.54, 1.807) is 0 Å². The molecule has 0 bridgehead atoms. The lowest BCUT2D eigenvalue weighted by molar-refractivity contribution is -0.116. The number of hydrogen-bond donors (Lipinski definition) is 1. The smallest absolute Gasteiger partial charge is 0.226 e. The third-order valence-electron chi connectivity index (χ3n) is 3.34. The van der Waals surface area contributed by atoms with Crippen LogP contribution in [-0.4, -0.2) is 16.6 Å². The molecule has 2 aromatic carbocycles. The largest absolute Gasteiger partial charge is 0.302 e. The number of benzene rings is 2. The average molecular weight is 342 g/mol. The second-order valence-electron chi connectivity index (χ2n) is 5.18. The Kier molecular flexibility index (Phi) is 5.66. The number of aromatic nitrogens is 1. The predicted molar refractivity (Wildman–Crippen MR) is 100 cm³/mol. The molecule has 0 aliphatic heterocycles. The van der Waals surface area contributed by atoms with Crippen molar-refractivity contribution in [3.8, 4) is 0 Å². The van der Waals surface area contributed by atoms with Gasteiger partial charge in [-0.15, -0.1) is 0 Å². The van der Waals surface area contributed by atoms with Gasteiger partial charge in [0, 0.05) is 12.2 Å². The molecular weight excluding hydrogens is 324 g/mol. The number of anilines is 1. The first-order valence-corrected chi connectivity index (χ1v) is 9.55. The fourth-order valence-electron chi connectivity index (χ4n) is 2.21. The molecule has 0 fully saturated rings. The number of amides is 1. The summed E-state index contributed by atoms with van der Waals surface area (Å²) in [6.07, 6.45) is 1.42. The Hall–Kier alpha value is -1.85. The normalized spacial score (nSPS) is 10.8. The quantitative estimate of drug-likeness (QED) is 0.618. The summed E-state index contributed by atoms with van der Waals surface area (Å²) in [4.78, 5) is 16.4. The summed E-state index contributed by atoms with van der Waals surface area (Å²) < 4.78 is 1.10. The monoisotopic (exact) mass is 342 g/mol. The highest BCUT2D eigenvalue weighted by molar-refractivity contribution is 7.98. The van der Waals surface area contributed by atoms with Gasteiger partial charge < -0.3 is 5.32 Å². The van der Waals surface area contributed by atoms with Gasteiger partial charge in [0.05, 0.1) is 10.2 Å². The summed E-state index contributed by atoms with van der Waals surface area (Å²) in [5, 5.41) is 3.59. The number of thiazole rings is 1. The zero-order chi connectivity index (χ0) is 15.9. The van der Waals surface area contributed by atoms with Gasteiger partial charge in [0.1, 0.15) is 0 Å². The standard InChI is InChI=1S/C18H18N2OS2/c21-17(11-6-12-22-13-14-7-2-1-3-8-14)20-18-19-15-9-4-5-10-16(15)23-18/h1-5,7-10H,6,11-13H2,(H,19,20,21). The molecule has 1 aromatic heterocycles. The molecule has 5 heteroatoms. The number of para-hydroxylation sites is 1. The van der Waals surface area contributed by atoms with E-state index in [1.807, 2.05) is 42.1 Å². The minimum atomic E-state index is 0.0457. The molecule has 0 saturated carbocycles. The summed E-state index contributed by atoms with van der Waals surface area (Å²) in [6, 6.07) is 18.3. The van der Waals surface area contributed by atoms with E-state index in [-0.39, 0.29) is 5.91 Å². The van der Waals surface area contributed by atoms with E-state index in [0.29, 0.717) is 11.6 Å². The van der Waals surface area contributed by atoms with Crippen LogP contribution in [-0.2, 0) is 10.5 Å². The van der Waals surface area contributed by atoms with Crippen LogP contribution in [0.1, 0.15) is 18.4 Å². The predicted octanol–water partition coefficient (Wildman–Crippen LogP) is 4.95. The fourth-order valence-corrected chi connectivity index (χ4v) is 4.01. The van der Waals surface area contributed by atoms with E-state index in [9.17, 15) is 4.79 Å². The van der Waals surface area contributed by atoms with Crippen LogP contribution in [0.15, 0.2) is 54.6 Å². The number of rotatable bonds is 7. The molecule has 0 aliphatic carbocycles. The second-order valence-corrected chi connectivity index (χ2v) is 7.31. The van der Waals surface area contributed by atoms with E-state index >= 15 is 0 Å². The van der Waals surface area contributed by atoms with Crippen LogP contribution in [0.4, 0.5) is 5.13 Å². The van der Waals surface area contributed by atoms with Gasteiger partial charge in [0.2, 0.25) is 5.91 Å². The lowest BCUT2D eigenvalue weighted by Gasteiger charge is -2.03. The summed E-state index contributed by atoms with van der Waals surface area (Å²) in [7, 11) is 0. The van der Waals surface area contributed by atoms with Crippen LogP contribution < -0.4 is 5.32 Å². The van der Waals surface area contributed by atoms with Gasteiger partial charge in [0.25, 0.3) is 0 Å². The number of carbonyl (C=O) groups excluding carboxylic acids is 1. The van der Waals surface area contributed by atoms with Crippen LogP contribution in [0.5, 0.6) is 0 Å². The lowest BCUT2D eigenvalue weighted by Crippen LogP contribution is -2.11. The number of hydrogen-bond acceptors (Lipinski definition) is 4. The van der Waals surface area contributed by atoms with Crippen LogP contribution in [0.3, 0.4) is 0 Å². The number of carbonyl (C=O) groups is 1. The van der Waals surface area contributed by atoms with Crippen molar-refractivity contribution in [2.24, 2.45) is 0 Å². The maximum atomic E-state index is 12.0. The van der Waals surface area contributed by atoms with Gasteiger partial charge in [-0.3, -0.25) is 4.79 Å². The first-order chi connectivity index (χ1) is 11.3. The van der Waals surface area contributed by atoms with E-state index < -0.39 is 0 Å². The van der Waals surface area contributed by atoms with Gasteiger partial charge in [-0.2, -0.15) is 11.8 Å². The molecule has 3 aromatic rings. The summed E-state index contributed by atoms with van der Waals surface area (Å²) in [5.41, 5.74) is 2.27. The van der Waals surface area contributed by atoms with Crippen molar-refractivity contribution < 1.29 is 4.79 Å². The van der Waals surface area contributed by atoms with Gasteiger partial charge in [-0.1, -0.05) is 53.8 Å². The molecule has 0 radical (unpaired) electrons. The van der Waals surface area contributed by atoms with Crippen LogP contribution in [0, 0.1) is 0 Å². The molecule has 0 atom stereocenters. The van der Waals surface area contributed by atoms with Crippen LogP contribution in [0.2, 0.25) is 0 Å². The molecule has 0 aliphatic rings. The van der Waals surface area contributed by atoms with Crippen molar-refractivity contribution >= 4 is 44.4 Å². The zero-order valence-corrected chi connectivity index (χ0v) is 14.3. The Morgan fingerprint density at radius 1 is 1.09 bits per heavy atom. The van der Waals surface area contributed by atoms with E-state index in [1.165, 1.54) is 16.9 Å². The minimum absolute atomic E-state index is 0.0457. The molecule has 3 nitrogen and oxygen atoms in total. The van der Waals surface area contributed by atoms with Crippen molar-refractivity contribution in [3.63, 3.8) is 0 Å². The number of fused-ring (bicyclic) bond motifs is 1. The van der Waals surface area contributed by atoms with E-state index in [4.69, 9.17) is 0 Å². The summed E-state index contributed by atoms with van der Waals surface area (Å²) in [6.45, 7) is 0. The number of nitrogens with zero attached hydrogens (tertiary/aromatic N) is 1. The van der Waals surface area contributed by atoms with Gasteiger partial charge >= 0.3 is 0 Å². The summed E-state index contributed by atoms with van der Waals surface area (Å²) in [5.74, 6) is 2.03. The summed E-state index contributed by atoms with van der Waals surface area (Å²) >= 11 is 3.38. The van der Waals surface area contributed by atoms with Crippen LogP contribution >= 0.6 is 23.1 Å². The second kappa shape index (κ2) is 8.13. The van der Waals surface area contributed by atoms with Crippen molar-refractivity contribution in [2.45, 2.75) is 18.6 Å². The van der Waals surface area contributed by atoms with Crippen molar-refractivity contribution in [1.29, 1.82) is 0 Å². The molecule has 23 heavy (non-hydrogen) atoms. The lowest BCUT2D eigenvalue weighted by atomic mass is 10.2. The van der Waals surface area contributed by atoms with Gasteiger partial charge in [-0.05, 0) is 29.9 Å². The van der Waals surface area contributed by atoms with Gasteiger partial charge in [0.15, 0.2) is 5.13 Å². The molecule has 1 amide bonds. The third kappa shape index (κ3) is 4.81. The molecule has 0 spiro atoms. The topological polar surface area (TPSA) is 42.0 Å². The molecule has 0 saturated heterocycles. The van der Waals surface area contributed by atoms with E-state index in [0.717, 1.165) is 28.1 Å². The fraction of sp³-hybridized carbons (Fsp3) is 0.222. The van der Waals surface area contributed by atoms with Crippen molar-refractivity contribution in [1.82, 2.24) is 4.98 Å². The Morgan fingerprint density at radius 2 is 1.87 bits per heavy atom. The Labute approximate surface area is 144 Å². The molecule has 1 heterocycles. The van der Waals surface area contributed by atoms with Crippen molar-refractivity contribution in [3.05, 3.63) is 60.2 Å². The maximum Gasteiger partial charge on any atom is 0.226 e. The first-order valence-electron chi connectivity index (χ1n) is 7.58. The molecule has 118 valence electrons. The molecule has 3 rings (SSSR count). The number of thioether (sulfide) groups is 1. The molecule has 0 unspecified atom stereocenters. The highest BCUT2D eigenvalue weighted by atomic mass is 32.2. The third-order valence-corrected chi connectivity index (χ3v) is 5.41. The van der Waals surface area contributed by atoms with Crippen LogP contribution in [0.25, 0.3) is 10.2 Å². The Bertz CT molecular complexity index is 738. The SMILES string of the molecule is O=C(CCCSCc1ccccc1)Nc1nc2ccccc2s1. The maximum absolute atomic E-state index is 12.0. The molecule has 1 N–H and O–H groups in total. The number of nitrogens with one attached hydrogen (secondary N) is 1. The highest BCUT2D eigenvalue weighted by Gasteiger charge is 2.07. The van der Waals surface area contributed by atoms with E-state index in [2.05, 4.69) is 34.6 Å². The minimum Gasteiger partial charge on any atom is -0.302 e. The van der Waals surface area contributed by atoms with Gasteiger partial charge in [-0.25, -0.2) is 4.98 Å². The Morgan fingerprint density at radius 3 is 2.70 bits per heavy atom. The average Bonchev–Trinajstić information content (AvgIpc) is 2.97. The molecular formula is C18H18N2OS2. The highest BCUT2D eigenvalue weighted by Crippen LogP contribution is 2.25. The first kappa shape index (κ1) is 16.0. The Balaban J connectivity index is 1.38.